The Morgan fingerprint density at radius 2 is 1.72 bits per heavy atom. The number of hydrogen-bond acceptors (Lipinski definition) is 2. The monoisotopic (exact) mass is 239 g/mol. The highest BCUT2D eigenvalue weighted by molar-refractivity contribution is 6.02. The second kappa shape index (κ2) is 3.71. The van der Waals surface area contributed by atoms with Gasteiger partial charge in [-0.05, 0) is 37.3 Å². The Morgan fingerprint density at radius 1 is 1.06 bits per heavy atom. The van der Waals surface area contributed by atoms with Crippen LogP contribution in [0.5, 0.6) is 0 Å². The first-order chi connectivity index (χ1) is 8.83. The van der Waals surface area contributed by atoms with Gasteiger partial charge in [0.25, 0.3) is 0 Å². The van der Waals surface area contributed by atoms with Crippen LogP contribution in [0.3, 0.4) is 0 Å². The van der Waals surface area contributed by atoms with Crippen molar-refractivity contribution in [2.24, 2.45) is 5.92 Å². The molecule has 0 N–H and O–H groups in total. The van der Waals surface area contributed by atoms with Crippen LogP contribution in [0.1, 0.15) is 31.2 Å². The fourth-order valence-electron chi connectivity index (χ4n) is 3.97. The highest BCUT2D eigenvalue weighted by Crippen LogP contribution is 2.47. The summed E-state index contributed by atoms with van der Waals surface area (Å²) in [4.78, 5) is 14.8. The van der Waals surface area contributed by atoms with Gasteiger partial charge in [-0.15, -0.1) is 0 Å². The first kappa shape index (κ1) is 10.4. The molecule has 3 atom stereocenters. The van der Waals surface area contributed by atoms with Crippen molar-refractivity contribution in [3.8, 4) is 0 Å². The summed E-state index contributed by atoms with van der Waals surface area (Å²) in [5.74, 6) is 0.690. The third-order valence-electron chi connectivity index (χ3n) is 4.74. The molecule has 4 bridgehead atoms. The average Bonchev–Trinajstić information content (AvgIpc) is 2.69. The Bertz CT molecular complexity index is 505. The zero-order valence-electron chi connectivity index (χ0n) is 10.4. The maximum Gasteiger partial charge on any atom is 0.182 e. The molecular weight excluding hydrogens is 222 g/mol. The number of allylic oxidation sites excluding steroid dienone is 1. The molecule has 2 heteroatoms. The fourth-order valence-corrected chi connectivity index (χ4v) is 3.97. The number of benzene rings is 1. The molecule has 0 radical (unpaired) electrons. The number of nitrogens with zero attached hydrogens (tertiary/aromatic N) is 1. The van der Waals surface area contributed by atoms with Crippen LogP contribution >= 0.6 is 0 Å². The van der Waals surface area contributed by atoms with Crippen molar-refractivity contribution in [1.82, 2.24) is 4.90 Å². The molecule has 4 saturated heterocycles. The van der Waals surface area contributed by atoms with Crippen molar-refractivity contribution >= 4 is 11.9 Å². The summed E-state index contributed by atoms with van der Waals surface area (Å²) in [6, 6.07) is 11.5. The number of hydrogen-bond donors (Lipinski definition) is 0. The molecule has 1 aromatic rings. The highest BCUT2D eigenvalue weighted by Gasteiger charge is 2.50. The minimum absolute atomic E-state index is 0.308. The van der Waals surface area contributed by atoms with E-state index >= 15 is 0 Å². The van der Waals surface area contributed by atoms with E-state index in [9.17, 15) is 4.79 Å². The molecule has 18 heavy (non-hydrogen) atoms. The Morgan fingerprint density at radius 3 is 2.39 bits per heavy atom. The average molecular weight is 239 g/mol. The summed E-state index contributed by atoms with van der Waals surface area (Å²) in [6.07, 6.45) is 6.85. The first-order valence-electron chi connectivity index (χ1n) is 6.92. The van der Waals surface area contributed by atoms with Gasteiger partial charge in [0.2, 0.25) is 0 Å². The Kier molecular flexibility index (Phi) is 2.14. The number of ketones is 1. The molecule has 1 aromatic carbocycles. The van der Waals surface area contributed by atoms with Gasteiger partial charge in [0.05, 0.1) is 5.70 Å². The van der Waals surface area contributed by atoms with E-state index in [1.54, 1.807) is 0 Å². The highest BCUT2D eigenvalue weighted by atomic mass is 16.1. The summed E-state index contributed by atoms with van der Waals surface area (Å²) in [5, 5.41) is 0. The number of rotatable bonds is 1. The van der Waals surface area contributed by atoms with Crippen LogP contribution in [0.4, 0.5) is 0 Å². The van der Waals surface area contributed by atoms with Crippen LogP contribution < -0.4 is 0 Å². The van der Waals surface area contributed by atoms with Gasteiger partial charge in [-0.1, -0.05) is 30.3 Å². The van der Waals surface area contributed by atoms with Gasteiger partial charge in [-0.2, -0.15) is 0 Å². The maximum atomic E-state index is 12.4. The van der Waals surface area contributed by atoms with Gasteiger partial charge >= 0.3 is 0 Å². The van der Waals surface area contributed by atoms with Crippen molar-refractivity contribution in [2.45, 2.75) is 37.8 Å². The van der Waals surface area contributed by atoms with Crippen molar-refractivity contribution in [3.63, 3.8) is 0 Å². The van der Waals surface area contributed by atoms with Crippen LogP contribution in [0.25, 0.3) is 6.08 Å². The normalized spacial score (nSPS) is 35.6. The van der Waals surface area contributed by atoms with Gasteiger partial charge in [0, 0.05) is 18.0 Å². The van der Waals surface area contributed by atoms with E-state index in [-0.39, 0.29) is 0 Å². The quantitative estimate of drug-likeness (QED) is 0.702. The SMILES string of the molecule is O=C1/C(=C\c2ccccc2)N2[C@@H]3CC[C@H]2CC1C3. The zero-order chi connectivity index (χ0) is 12.1. The van der Waals surface area contributed by atoms with Crippen LogP contribution in [-0.4, -0.2) is 22.8 Å². The zero-order valence-corrected chi connectivity index (χ0v) is 10.4. The van der Waals surface area contributed by atoms with E-state index < -0.39 is 0 Å². The predicted octanol–water partition coefficient (Wildman–Crippen LogP) is 2.85. The second-order valence-corrected chi connectivity index (χ2v) is 5.77. The molecule has 4 aliphatic rings. The molecule has 4 aliphatic heterocycles. The lowest BCUT2D eigenvalue weighted by atomic mass is 9.79. The second-order valence-electron chi connectivity index (χ2n) is 5.77. The Balaban J connectivity index is 1.76. The molecule has 0 aromatic heterocycles. The predicted molar refractivity (Wildman–Crippen MR) is 70.8 cm³/mol. The molecule has 92 valence electrons. The van der Waals surface area contributed by atoms with Crippen LogP contribution in [0, 0.1) is 5.92 Å². The van der Waals surface area contributed by atoms with E-state index in [1.165, 1.54) is 12.8 Å². The molecular formula is C16H17NO. The molecule has 4 fully saturated rings. The Labute approximate surface area is 107 Å². The maximum absolute atomic E-state index is 12.4. The Hall–Kier alpha value is -1.57. The third-order valence-corrected chi connectivity index (χ3v) is 4.74. The third kappa shape index (κ3) is 1.38. The van der Waals surface area contributed by atoms with E-state index in [0.29, 0.717) is 23.8 Å². The smallest absolute Gasteiger partial charge is 0.182 e. The molecule has 0 amide bonds. The summed E-state index contributed by atoms with van der Waals surface area (Å²) < 4.78 is 0. The lowest BCUT2D eigenvalue weighted by Gasteiger charge is -2.47. The standard InChI is InChI=1S/C16H17NO/c18-16-12-9-13-6-7-14(10-12)17(13)15(16)8-11-4-2-1-3-5-11/h1-5,8,12-14H,6-7,9-10H2/b15-8+/t12?,13-,14+. The molecule has 0 saturated carbocycles. The van der Waals surface area contributed by atoms with Crippen LogP contribution in [0.2, 0.25) is 0 Å². The lowest BCUT2D eigenvalue weighted by molar-refractivity contribution is -0.128. The summed E-state index contributed by atoms with van der Waals surface area (Å²) in [5.41, 5.74) is 2.13. The van der Waals surface area contributed by atoms with Crippen molar-refractivity contribution in [3.05, 3.63) is 41.6 Å². The van der Waals surface area contributed by atoms with E-state index in [4.69, 9.17) is 0 Å². The van der Waals surface area contributed by atoms with Gasteiger partial charge in [0.1, 0.15) is 0 Å². The van der Waals surface area contributed by atoms with Gasteiger partial charge in [-0.25, -0.2) is 0 Å². The van der Waals surface area contributed by atoms with E-state index in [0.717, 1.165) is 24.1 Å². The van der Waals surface area contributed by atoms with Crippen molar-refractivity contribution < 1.29 is 4.79 Å². The number of Topliss-reactive ketones (excluding diaryl/α,β-unsaturated/α-hetero) is 1. The minimum atomic E-state index is 0.308. The van der Waals surface area contributed by atoms with Crippen LogP contribution in [-0.2, 0) is 4.79 Å². The summed E-state index contributed by atoms with van der Waals surface area (Å²) >= 11 is 0. The topological polar surface area (TPSA) is 20.3 Å². The summed E-state index contributed by atoms with van der Waals surface area (Å²) in [6.45, 7) is 0. The van der Waals surface area contributed by atoms with Gasteiger partial charge < -0.3 is 4.90 Å². The van der Waals surface area contributed by atoms with Gasteiger partial charge in [0.15, 0.2) is 5.78 Å². The van der Waals surface area contributed by atoms with E-state index in [1.807, 2.05) is 18.2 Å². The van der Waals surface area contributed by atoms with Crippen molar-refractivity contribution in [2.75, 3.05) is 0 Å². The largest absolute Gasteiger partial charge is 0.363 e. The molecule has 0 aliphatic carbocycles. The number of fused-ring (bicyclic) bond motifs is 1. The molecule has 0 spiro atoms. The molecule has 4 heterocycles. The van der Waals surface area contributed by atoms with Crippen molar-refractivity contribution in [1.29, 1.82) is 0 Å². The van der Waals surface area contributed by atoms with Crippen LogP contribution in [0.15, 0.2) is 36.0 Å². The molecule has 5 rings (SSSR count). The molecule has 2 nitrogen and oxygen atoms in total. The summed E-state index contributed by atoms with van der Waals surface area (Å²) in [7, 11) is 0. The number of carbonyl (C=O) groups excluding carboxylic acids is 1. The molecule has 1 unspecified atom stereocenters. The first-order valence-corrected chi connectivity index (χ1v) is 6.92. The minimum Gasteiger partial charge on any atom is -0.363 e. The fraction of sp³-hybridized carbons (Fsp3) is 0.438. The lowest BCUT2D eigenvalue weighted by Crippen LogP contribution is -2.52. The number of carbonyl (C=O) groups is 1. The van der Waals surface area contributed by atoms with E-state index in [2.05, 4.69) is 23.1 Å². The number of piperidine rings is 3. The van der Waals surface area contributed by atoms with Gasteiger partial charge in [-0.3, -0.25) is 4.79 Å².